The first-order valence-electron chi connectivity index (χ1n) is 27.3. The van der Waals surface area contributed by atoms with Crippen molar-refractivity contribution >= 4 is 67.3 Å². The number of H-pyrrole nitrogens is 1. The quantitative estimate of drug-likeness (QED) is 0.0634. The number of carbonyl (C=O) groups excluding carboxylic acids is 3. The van der Waals surface area contributed by atoms with Crippen LogP contribution in [0.4, 0.5) is 11.5 Å². The van der Waals surface area contributed by atoms with Crippen LogP contribution < -0.4 is 30.3 Å². The first-order valence-corrected chi connectivity index (χ1v) is 28.1. The number of aromatic amines is 1. The van der Waals surface area contributed by atoms with Gasteiger partial charge in [-0.1, -0.05) is 66.5 Å². The van der Waals surface area contributed by atoms with Crippen molar-refractivity contribution in [3.05, 3.63) is 105 Å². The first kappa shape index (κ1) is 50.0. The Bertz CT molecular complexity index is 3350. The van der Waals surface area contributed by atoms with Crippen molar-refractivity contribution in [3.63, 3.8) is 0 Å². The van der Waals surface area contributed by atoms with E-state index < -0.39 is 12.1 Å². The van der Waals surface area contributed by atoms with Crippen LogP contribution in [0.1, 0.15) is 123 Å². The number of nitrogens with one attached hydrogen (secondary N) is 4. The third-order valence-electron chi connectivity index (χ3n) is 16.5. The van der Waals surface area contributed by atoms with Crippen LogP contribution in [0.25, 0.3) is 44.1 Å². The van der Waals surface area contributed by atoms with Gasteiger partial charge < -0.3 is 35.2 Å². The van der Waals surface area contributed by atoms with Gasteiger partial charge in [-0.15, -0.1) is 0 Å². The van der Waals surface area contributed by atoms with Gasteiger partial charge in [-0.2, -0.15) is 20.2 Å². The number of benzene rings is 4. The highest BCUT2D eigenvalue weighted by Crippen LogP contribution is 2.53. The number of piperazine rings is 1. The summed E-state index contributed by atoms with van der Waals surface area (Å²) in [7, 11) is 1.86. The number of carbonyl (C=O) groups is 3. The van der Waals surface area contributed by atoms with E-state index in [1.165, 1.54) is 12.0 Å². The van der Waals surface area contributed by atoms with E-state index in [0.717, 1.165) is 135 Å². The van der Waals surface area contributed by atoms with Crippen molar-refractivity contribution in [2.45, 2.75) is 134 Å². The van der Waals surface area contributed by atoms with Gasteiger partial charge in [0, 0.05) is 89.1 Å². The second kappa shape index (κ2) is 20.9. The number of aldehydes is 1. The number of nitrogens with zero attached hydrogens (tertiary/aromatic N) is 7. The molecule has 4 aromatic carbocycles. The number of aromatic nitrogens is 6. The lowest BCUT2D eigenvalue weighted by atomic mass is 9.89. The molecule has 3 aromatic heterocycles. The monoisotopic (exact) mass is 1090 g/mol. The van der Waals surface area contributed by atoms with Crippen molar-refractivity contribution in [2.75, 3.05) is 36.9 Å². The standard InChI is InChI=1S/C59H66BrN11O5/c1-33(2)54(58(74)69-22-8-11-50(69)57(73)63-26-35-13-18-38(60)19-14-35)71-30-46(49(31-72)68-71)42-20-15-36(23-48(42)61-4)32-75-55-52(51-34(3)12-21-47-45(51)28-64-67-47)43(37-16-17-37)25-44-53(55)65-59(76-41-9-6-5-7-10-41)66-56(44)70-29-39-24-40(70)27-62-39/h12-15,18-21,23,25,28,30-31,33,37,39-41,50,54,61-62H,5-11,16-17,22,24,26-27,29,32H2,1-4H3,(H,63,73)(H,64,67). The smallest absolute Gasteiger partial charge is 0.319 e. The lowest BCUT2D eigenvalue weighted by Crippen LogP contribution is -2.48. The Morgan fingerprint density at radius 3 is 2.47 bits per heavy atom. The molecular weight excluding hydrogens is 1020 g/mol. The molecule has 0 spiro atoms. The molecule has 2 aliphatic carbocycles. The Balaban J connectivity index is 0.894. The van der Waals surface area contributed by atoms with E-state index in [2.05, 4.69) is 78.2 Å². The van der Waals surface area contributed by atoms with Crippen LogP contribution in [0.5, 0.6) is 11.8 Å². The van der Waals surface area contributed by atoms with E-state index in [9.17, 15) is 14.4 Å². The normalized spacial score (nSPS) is 20.0. The Morgan fingerprint density at radius 2 is 1.74 bits per heavy atom. The highest BCUT2D eigenvalue weighted by molar-refractivity contribution is 9.10. The molecule has 5 fully saturated rings. The molecule has 4 unspecified atom stereocenters. The number of hydrogen-bond acceptors (Lipinski definition) is 12. The number of rotatable bonds is 17. The Hall–Kier alpha value is -6.85. The van der Waals surface area contributed by atoms with Gasteiger partial charge >= 0.3 is 6.01 Å². The van der Waals surface area contributed by atoms with E-state index in [1.807, 2.05) is 63.5 Å². The number of anilines is 2. The minimum Gasteiger partial charge on any atom is -0.486 e. The van der Waals surface area contributed by atoms with E-state index in [1.54, 1.807) is 15.8 Å². The maximum Gasteiger partial charge on any atom is 0.319 e. The zero-order chi connectivity index (χ0) is 52.2. The number of likely N-dealkylation sites (tertiary alicyclic amines) is 1. The number of halogens is 1. The van der Waals surface area contributed by atoms with Gasteiger partial charge in [-0.3, -0.25) is 24.2 Å². The summed E-state index contributed by atoms with van der Waals surface area (Å²) >= 11 is 3.47. The molecule has 17 heteroatoms. The summed E-state index contributed by atoms with van der Waals surface area (Å²) in [6.07, 6.45) is 14.5. The van der Waals surface area contributed by atoms with Crippen LogP contribution in [-0.2, 0) is 22.7 Å². The highest BCUT2D eigenvalue weighted by Gasteiger charge is 2.42. The molecule has 3 saturated heterocycles. The number of aryl methyl sites for hydroxylation is 1. The summed E-state index contributed by atoms with van der Waals surface area (Å²) in [5.41, 5.74) is 10.3. The van der Waals surface area contributed by atoms with E-state index in [4.69, 9.17) is 24.5 Å². The molecule has 5 aliphatic rings. The summed E-state index contributed by atoms with van der Waals surface area (Å²) in [5.74, 6) is 1.38. The summed E-state index contributed by atoms with van der Waals surface area (Å²) in [6.45, 7) is 8.90. The number of hydrogen-bond donors (Lipinski definition) is 4. The molecule has 12 rings (SSSR count). The highest BCUT2D eigenvalue weighted by atomic mass is 79.9. The molecular formula is C59H66BrN11O5. The van der Waals surface area contributed by atoms with Gasteiger partial charge in [-0.25, -0.2) is 0 Å². The van der Waals surface area contributed by atoms with Gasteiger partial charge in [0.15, 0.2) is 12.0 Å². The number of ether oxygens (including phenoxy) is 2. The van der Waals surface area contributed by atoms with Gasteiger partial charge in [0.25, 0.3) is 0 Å². The van der Waals surface area contributed by atoms with E-state index in [0.29, 0.717) is 61.3 Å². The largest absolute Gasteiger partial charge is 0.486 e. The van der Waals surface area contributed by atoms with Gasteiger partial charge in [0.1, 0.15) is 41.8 Å². The number of fused-ring (bicyclic) bond motifs is 4. The summed E-state index contributed by atoms with van der Waals surface area (Å²) in [6, 6.07) is 20.2. The van der Waals surface area contributed by atoms with Gasteiger partial charge in [0.2, 0.25) is 11.8 Å². The fourth-order valence-corrected chi connectivity index (χ4v) is 12.7. The molecule has 7 aromatic rings. The average molecular weight is 1090 g/mol. The van der Waals surface area contributed by atoms with Gasteiger partial charge in [0.05, 0.1) is 11.7 Å². The fourth-order valence-electron chi connectivity index (χ4n) is 12.4. The average Bonchev–Trinajstić information content (AvgIpc) is 4.13. The van der Waals surface area contributed by atoms with E-state index >= 15 is 0 Å². The lowest BCUT2D eigenvalue weighted by molar-refractivity contribution is -0.142. The zero-order valence-electron chi connectivity index (χ0n) is 43.7. The van der Waals surface area contributed by atoms with Crippen molar-refractivity contribution in [2.24, 2.45) is 5.92 Å². The molecule has 2 amide bonds. The van der Waals surface area contributed by atoms with Crippen molar-refractivity contribution in [1.82, 2.24) is 45.5 Å². The number of amides is 2. The zero-order valence-corrected chi connectivity index (χ0v) is 45.3. The minimum atomic E-state index is -0.750. The predicted molar refractivity (Wildman–Crippen MR) is 298 cm³/mol. The Kier molecular flexibility index (Phi) is 13.8. The molecule has 4 atom stereocenters. The third kappa shape index (κ3) is 9.58. The molecule has 2 bridgehead atoms. The molecule has 4 N–H and O–H groups in total. The van der Waals surface area contributed by atoms with Crippen molar-refractivity contribution < 1.29 is 23.9 Å². The Morgan fingerprint density at radius 1 is 0.921 bits per heavy atom. The van der Waals surface area contributed by atoms with Crippen molar-refractivity contribution in [3.8, 4) is 34.0 Å². The second-order valence-electron chi connectivity index (χ2n) is 22.0. The van der Waals surface area contributed by atoms with Crippen molar-refractivity contribution in [1.29, 1.82) is 0 Å². The van der Waals surface area contributed by atoms with Crippen LogP contribution in [-0.4, -0.2) is 104 Å². The molecule has 3 aliphatic heterocycles. The molecule has 394 valence electrons. The topological polar surface area (TPSA) is 185 Å². The van der Waals surface area contributed by atoms with Crippen LogP contribution in [0, 0.1) is 12.8 Å². The molecule has 6 heterocycles. The minimum absolute atomic E-state index is 0.0544. The summed E-state index contributed by atoms with van der Waals surface area (Å²) in [5, 5.41) is 24.6. The second-order valence-corrected chi connectivity index (χ2v) is 22.9. The third-order valence-corrected chi connectivity index (χ3v) is 17.0. The van der Waals surface area contributed by atoms with E-state index in [-0.39, 0.29) is 36.1 Å². The van der Waals surface area contributed by atoms with Crippen LogP contribution in [0.2, 0.25) is 0 Å². The maximum absolute atomic E-state index is 14.6. The first-order chi connectivity index (χ1) is 37.0. The summed E-state index contributed by atoms with van der Waals surface area (Å²) in [4.78, 5) is 56.0. The molecule has 0 radical (unpaired) electrons. The molecule has 2 saturated carbocycles. The molecule has 16 nitrogen and oxygen atoms in total. The fraction of sp³-hybridized carbons (Fsp3) is 0.441. The van der Waals surface area contributed by atoms with Gasteiger partial charge in [-0.05, 0) is 135 Å². The maximum atomic E-state index is 14.6. The predicted octanol–water partition coefficient (Wildman–Crippen LogP) is 10.2. The lowest BCUT2D eigenvalue weighted by Gasteiger charge is -2.31. The van der Waals surface area contributed by atoms with Crippen LogP contribution in [0.15, 0.2) is 77.5 Å². The SMILES string of the molecule is CNc1cc(COc2c(-c3c(C)ccc4[nH]ncc34)c(C3CC3)cc3c(N4CC5CC4CN5)nc(OC4CCCCC4)nc23)ccc1-c1cn(C(C(=O)N2CCCC2C(=O)NCc2ccc(Br)cc2)C(C)C)nc1C=O. The Labute approximate surface area is 451 Å². The van der Waals surface area contributed by atoms with Crippen LogP contribution in [0.3, 0.4) is 0 Å². The van der Waals surface area contributed by atoms with Crippen LogP contribution >= 0.6 is 15.9 Å². The molecule has 76 heavy (non-hydrogen) atoms. The summed E-state index contributed by atoms with van der Waals surface area (Å²) < 4.78 is 16.7.